The Morgan fingerprint density at radius 2 is 1.79 bits per heavy atom. The maximum atomic E-state index is 13.8. The number of amides is 1. The Morgan fingerprint density at radius 1 is 1.07 bits per heavy atom. The molecule has 1 aromatic rings. The molecule has 2 rings (SSSR count). The third-order valence-electron chi connectivity index (χ3n) is 4.60. The third-order valence-corrected chi connectivity index (χ3v) is 4.60. The Kier molecular flexibility index (Phi) is 7.26. The van der Waals surface area contributed by atoms with Crippen molar-refractivity contribution in [1.29, 1.82) is 0 Å². The van der Waals surface area contributed by atoms with Gasteiger partial charge in [-0.25, -0.2) is 4.79 Å². The van der Waals surface area contributed by atoms with Gasteiger partial charge in [0, 0.05) is 11.0 Å². The predicted molar refractivity (Wildman–Crippen MR) is 111 cm³/mol. The Labute approximate surface area is 168 Å². The average molecular weight is 391 g/mol. The molecule has 28 heavy (non-hydrogen) atoms. The van der Waals surface area contributed by atoms with Gasteiger partial charge in [-0.05, 0) is 31.0 Å². The van der Waals surface area contributed by atoms with E-state index in [0.717, 1.165) is 19.3 Å². The lowest BCUT2D eigenvalue weighted by Gasteiger charge is -2.47. The molecule has 0 saturated carbocycles. The highest BCUT2D eigenvalue weighted by Crippen LogP contribution is 2.40. The number of ether oxygens (including phenoxy) is 2. The Balaban J connectivity index is 2.61. The van der Waals surface area contributed by atoms with Crippen molar-refractivity contribution in [3.63, 3.8) is 0 Å². The average Bonchev–Trinajstić information content (AvgIpc) is 2.62. The van der Waals surface area contributed by atoms with E-state index in [-0.39, 0.29) is 24.2 Å². The molecule has 1 heterocycles. The van der Waals surface area contributed by atoms with E-state index in [9.17, 15) is 10.0 Å². The number of fused-ring (bicyclic) bond motifs is 1. The minimum absolute atomic E-state index is 0.0355. The summed E-state index contributed by atoms with van der Waals surface area (Å²) in [6, 6.07) is 5.21. The lowest BCUT2D eigenvalue weighted by Crippen LogP contribution is -2.55. The van der Waals surface area contributed by atoms with Crippen LogP contribution in [0.3, 0.4) is 0 Å². The number of quaternary nitrogens is 1. The van der Waals surface area contributed by atoms with E-state index >= 15 is 0 Å². The van der Waals surface area contributed by atoms with Gasteiger partial charge in [-0.3, -0.25) is 4.65 Å². The van der Waals surface area contributed by atoms with Crippen molar-refractivity contribution in [2.45, 2.75) is 53.9 Å². The van der Waals surface area contributed by atoms with Crippen molar-refractivity contribution in [3.05, 3.63) is 40.2 Å². The summed E-state index contributed by atoms with van der Waals surface area (Å²) < 4.78 is 10.7. The number of rotatable bonds is 9. The summed E-state index contributed by atoms with van der Waals surface area (Å²) in [5, 5.41) is 13.8. The topological polar surface area (TPSA) is 84.6 Å². The SMILES string of the molecule is CCCCOC1=C(CN)[N+]([O-])(CC(C)(C)C)C(=O)c2ccc(OCCC)cc21. The van der Waals surface area contributed by atoms with Crippen LogP contribution in [0.15, 0.2) is 23.9 Å². The molecule has 6 heteroatoms. The van der Waals surface area contributed by atoms with Crippen LogP contribution in [0.25, 0.3) is 5.76 Å². The Hall–Kier alpha value is -1.89. The number of benzene rings is 1. The van der Waals surface area contributed by atoms with Crippen molar-refractivity contribution in [2.75, 3.05) is 26.3 Å². The number of nitrogens with two attached hydrogens (primary N) is 1. The minimum atomic E-state index is -1.09. The maximum Gasteiger partial charge on any atom is 0.351 e. The molecule has 0 bridgehead atoms. The first kappa shape index (κ1) is 22.4. The monoisotopic (exact) mass is 390 g/mol. The molecule has 1 amide bonds. The van der Waals surface area contributed by atoms with E-state index in [1.165, 1.54) is 0 Å². The van der Waals surface area contributed by atoms with Gasteiger partial charge >= 0.3 is 5.91 Å². The van der Waals surface area contributed by atoms with E-state index in [2.05, 4.69) is 6.92 Å². The molecule has 0 spiro atoms. The number of hydroxylamine groups is 3. The van der Waals surface area contributed by atoms with Crippen LogP contribution in [-0.2, 0) is 4.74 Å². The molecule has 6 nitrogen and oxygen atoms in total. The predicted octanol–water partition coefficient (Wildman–Crippen LogP) is 4.43. The number of carbonyl (C=O) groups excluding carboxylic acids is 1. The summed E-state index contributed by atoms with van der Waals surface area (Å²) in [4.78, 5) is 13.3. The van der Waals surface area contributed by atoms with E-state index < -0.39 is 10.6 Å². The van der Waals surface area contributed by atoms with Crippen molar-refractivity contribution in [3.8, 4) is 5.75 Å². The second-order valence-electron chi connectivity index (χ2n) is 8.50. The van der Waals surface area contributed by atoms with Crippen LogP contribution in [0, 0.1) is 10.6 Å². The van der Waals surface area contributed by atoms with Crippen LogP contribution >= 0.6 is 0 Å². The van der Waals surface area contributed by atoms with Gasteiger partial charge in [0.1, 0.15) is 5.75 Å². The molecule has 0 saturated heterocycles. The van der Waals surface area contributed by atoms with E-state index in [4.69, 9.17) is 15.2 Å². The zero-order chi connectivity index (χ0) is 20.9. The molecule has 1 atom stereocenters. The Bertz CT molecular complexity index is 737. The molecule has 1 aromatic carbocycles. The number of hydrogen-bond acceptors (Lipinski definition) is 5. The van der Waals surface area contributed by atoms with Crippen molar-refractivity contribution in [1.82, 2.24) is 0 Å². The molecular weight excluding hydrogens is 356 g/mol. The Morgan fingerprint density at radius 3 is 2.36 bits per heavy atom. The molecule has 1 aliphatic rings. The van der Waals surface area contributed by atoms with E-state index in [1.54, 1.807) is 18.2 Å². The largest absolute Gasteiger partial charge is 0.620 e. The summed E-state index contributed by atoms with van der Waals surface area (Å²) in [6.07, 6.45) is 2.71. The van der Waals surface area contributed by atoms with Gasteiger partial charge in [0.25, 0.3) is 0 Å². The molecule has 156 valence electrons. The highest BCUT2D eigenvalue weighted by Gasteiger charge is 2.45. The molecule has 0 radical (unpaired) electrons. The minimum Gasteiger partial charge on any atom is -0.620 e. The summed E-state index contributed by atoms with van der Waals surface area (Å²) in [6.45, 7) is 11.1. The van der Waals surface area contributed by atoms with Gasteiger partial charge in [0.15, 0.2) is 11.5 Å². The summed E-state index contributed by atoms with van der Waals surface area (Å²) in [5.41, 5.74) is 6.90. The fraction of sp³-hybridized carbons (Fsp3) is 0.591. The van der Waals surface area contributed by atoms with Gasteiger partial charge in [0.05, 0.1) is 31.9 Å². The lowest BCUT2D eigenvalue weighted by atomic mass is 9.91. The maximum absolute atomic E-state index is 13.8. The summed E-state index contributed by atoms with van der Waals surface area (Å²) in [5.74, 6) is 0.602. The normalized spacial score (nSPS) is 19.6. The number of nitrogens with zero attached hydrogens (tertiary/aromatic N) is 1. The van der Waals surface area contributed by atoms with Crippen LogP contribution in [0.2, 0.25) is 0 Å². The highest BCUT2D eigenvalue weighted by atomic mass is 16.6. The second kappa shape index (κ2) is 9.07. The first-order valence-corrected chi connectivity index (χ1v) is 10.2. The van der Waals surface area contributed by atoms with E-state index in [0.29, 0.717) is 35.8 Å². The van der Waals surface area contributed by atoms with Crippen LogP contribution in [-0.4, -0.2) is 36.9 Å². The fourth-order valence-electron chi connectivity index (χ4n) is 3.40. The van der Waals surface area contributed by atoms with Crippen LogP contribution in [0.4, 0.5) is 0 Å². The molecule has 1 aliphatic heterocycles. The van der Waals surface area contributed by atoms with Crippen LogP contribution < -0.4 is 10.5 Å². The molecule has 0 aliphatic carbocycles. The molecule has 0 aromatic heterocycles. The highest BCUT2D eigenvalue weighted by molar-refractivity contribution is 5.98. The number of carbonyl (C=O) groups is 1. The van der Waals surface area contributed by atoms with Crippen molar-refractivity contribution < 1.29 is 18.9 Å². The summed E-state index contributed by atoms with van der Waals surface area (Å²) in [7, 11) is 0. The molecule has 2 N–H and O–H groups in total. The lowest BCUT2D eigenvalue weighted by molar-refractivity contribution is -0.766. The second-order valence-corrected chi connectivity index (χ2v) is 8.50. The van der Waals surface area contributed by atoms with Gasteiger partial charge in [-0.15, -0.1) is 0 Å². The summed E-state index contributed by atoms with van der Waals surface area (Å²) >= 11 is 0. The van der Waals surface area contributed by atoms with Crippen LogP contribution in [0.1, 0.15) is 69.8 Å². The van der Waals surface area contributed by atoms with Crippen molar-refractivity contribution in [2.24, 2.45) is 11.1 Å². The fourth-order valence-corrected chi connectivity index (χ4v) is 3.40. The number of hydrogen-bond donors (Lipinski definition) is 1. The van der Waals surface area contributed by atoms with Crippen LogP contribution in [0.5, 0.6) is 5.75 Å². The van der Waals surface area contributed by atoms with Gasteiger partial charge in [0.2, 0.25) is 0 Å². The molecular formula is C22H34N2O4. The van der Waals surface area contributed by atoms with E-state index in [1.807, 2.05) is 27.7 Å². The first-order valence-electron chi connectivity index (χ1n) is 10.2. The van der Waals surface area contributed by atoms with Gasteiger partial charge < -0.3 is 20.4 Å². The first-order chi connectivity index (χ1) is 13.2. The quantitative estimate of drug-likeness (QED) is 0.383. The van der Waals surface area contributed by atoms with Gasteiger partial charge in [-0.2, -0.15) is 0 Å². The third kappa shape index (κ3) is 4.74. The number of unbranched alkanes of at least 4 members (excludes halogenated alkanes) is 1. The van der Waals surface area contributed by atoms with Gasteiger partial charge in [-0.1, -0.05) is 41.0 Å². The smallest absolute Gasteiger partial charge is 0.351 e. The zero-order valence-electron chi connectivity index (χ0n) is 17.8. The zero-order valence-corrected chi connectivity index (χ0v) is 17.8. The van der Waals surface area contributed by atoms with Crippen molar-refractivity contribution >= 4 is 11.7 Å². The molecule has 1 unspecified atom stereocenters. The molecule has 0 fully saturated rings. The standard InChI is InChI=1S/C22H34N2O4/c1-6-8-12-28-20-18-13-16(27-11-7-2)9-10-17(18)21(25)24(26,19(20)14-23)15-22(3,4)5/h9-10,13H,6-8,11-12,14-15,23H2,1-5H3.